The van der Waals surface area contributed by atoms with E-state index in [1.807, 2.05) is 32.2 Å². The molecule has 0 fully saturated rings. The lowest BCUT2D eigenvalue weighted by molar-refractivity contribution is 0.217. The second-order valence-electron chi connectivity index (χ2n) is 3.45. The third kappa shape index (κ3) is 3.82. The highest BCUT2D eigenvalue weighted by molar-refractivity contribution is 7.98. The molecule has 3 nitrogen and oxygen atoms in total. The number of nitrogens with one attached hydrogen (secondary N) is 1. The predicted molar refractivity (Wildman–Crippen MR) is 75.2 cm³/mol. The second kappa shape index (κ2) is 6.77. The molecular formula is C12H17ClN2OS. The van der Waals surface area contributed by atoms with Gasteiger partial charge in [0.05, 0.1) is 5.69 Å². The molecule has 0 bridgehead atoms. The van der Waals surface area contributed by atoms with Gasteiger partial charge in [0, 0.05) is 23.0 Å². The van der Waals surface area contributed by atoms with Gasteiger partial charge in [0.1, 0.15) is 0 Å². The number of carbonyl (C=O) groups excluding carboxylic acids is 1. The summed E-state index contributed by atoms with van der Waals surface area (Å²) >= 11 is 7.51. The van der Waals surface area contributed by atoms with Crippen molar-refractivity contribution in [2.24, 2.45) is 0 Å². The topological polar surface area (TPSA) is 32.3 Å². The van der Waals surface area contributed by atoms with Crippen molar-refractivity contribution in [3.63, 3.8) is 0 Å². The van der Waals surface area contributed by atoms with E-state index in [0.717, 1.165) is 10.6 Å². The lowest BCUT2D eigenvalue weighted by atomic mass is 10.3. The van der Waals surface area contributed by atoms with E-state index in [-0.39, 0.29) is 6.03 Å². The van der Waals surface area contributed by atoms with Gasteiger partial charge in [-0.25, -0.2) is 4.79 Å². The normalized spacial score (nSPS) is 10.1. The first-order valence-electron chi connectivity index (χ1n) is 5.51. The Morgan fingerprint density at radius 1 is 1.41 bits per heavy atom. The second-order valence-corrected chi connectivity index (χ2v) is 4.73. The standard InChI is InChI=1S/C12H17ClN2OS/c1-4-15(5-2)12(16)14-10-8-9(13)6-7-11(10)17-3/h6-8H,4-5H2,1-3H3,(H,14,16). The maximum absolute atomic E-state index is 11.9. The molecule has 0 heterocycles. The van der Waals surface area contributed by atoms with Crippen molar-refractivity contribution < 1.29 is 4.79 Å². The van der Waals surface area contributed by atoms with Gasteiger partial charge >= 0.3 is 6.03 Å². The van der Waals surface area contributed by atoms with Gasteiger partial charge in [-0.3, -0.25) is 0 Å². The summed E-state index contributed by atoms with van der Waals surface area (Å²) in [5.41, 5.74) is 0.766. The first-order valence-corrected chi connectivity index (χ1v) is 7.12. The SMILES string of the molecule is CCN(CC)C(=O)Nc1cc(Cl)ccc1SC. The molecule has 0 aromatic heterocycles. The van der Waals surface area contributed by atoms with E-state index in [0.29, 0.717) is 18.1 Å². The number of carbonyl (C=O) groups is 1. The number of urea groups is 1. The molecule has 0 aliphatic carbocycles. The zero-order valence-electron chi connectivity index (χ0n) is 10.3. The maximum Gasteiger partial charge on any atom is 0.321 e. The quantitative estimate of drug-likeness (QED) is 0.842. The number of nitrogens with zero attached hydrogens (tertiary/aromatic N) is 1. The molecule has 17 heavy (non-hydrogen) atoms. The Labute approximate surface area is 112 Å². The Balaban J connectivity index is 2.86. The number of anilines is 1. The summed E-state index contributed by atoms with van der Waals surface area (Å²) in [6, 6.07) is 5.41. The van der Waals surface area contributed by atoms with Crippen LogP contribution in [0.4, 0.5) is 10.5 Å². The number of thioether (sulfide) groups is 1. The number of hydrogen-bond acceptors (Lipinski definition) is 2. The molecule has 0 saturated carbocycles. The third-order valence-corrected chi connectivity index (χ3v) is 3.48. The molecule has 0 atom stereocenters. The molecule has 1 rings (SSSR count). The fourth-order valence-corrected chi connectivity index (χ4v) is 2.19. The Kier molecular flexibility index (Phi) is 5.65. The van der Waals surface area contributed by atoms with Crippen molar-refractivity contribution in [3.05, 3.63) is 23.2 Å². The molecular weight excluding hydrogens is 256 g/mol. The summed E-state index contributed by atoms with van der Waals surface area (Å²) in [5, 5.41) is 3.51. The van der Waals surface area contributed by atoms with Crippen molar-refractivity contribution in [3.8, 4) is 0 Å². The number of halogens is 1. The van der Waals surface area contributed by atoms with Gasteiger partial charge in [0.2, 0.25) is 0 Å². The minimum absolute atomic E-state index is 0.0902. The summed E-state index contributed by atoms with van der Waals surface area (Å²) in [4.78, 5) is 14.7. The lowest BCUT2D eigenvalue weighted by Gasteiger charge is -2.20. The number of rotatable bonds is 4. The van der Waals surface area contributed by atoms with Crippen LogP contribution in [0.2, 0.25) is 5.02 Å². The molecule has 5 heteroatoms. The van der Waals surface area contributed by atoms with Crippen molar-refractivity contribution in [1.82, 2.24) is 4.90 Å². The van der Waals surface area contributed by atoms with E-state index >= 15 is 0 Å². The molecule has 0 aliphatic heterocycles. The number of hydrogen-bond donors (Lipinski definition) is 1. The van der Waals surface area contributed by atoms with E-state index in [2.05, 4.69) is 5.32 Å². The van der Waals surface area contributed by atoms with Gasteiger partial charge < -0.3 is 10.2 Å². The molecule has 0 radical (unpaired) electrons. The summed E-state index contributed by atoms with van der Waals surface area (Å²) in [6.45, 7) is 5.29. The molecule has 1 aromatic rings. The third-order valence-electron chi connectivity index (χ3n) is 2.45. The molecule has 2 amide bonds. The van der Waals surface area contributed by atoms with Crippen LogP contribution in [-0.4, -0.2) is 30.3 Å². The molecule has 94 valence electrons. The van der Waals surface area contributed by atoms with E-state index < -0.39 is 0 Å². The van der Waals surface area contributed by atoms with E-state index in [1.165, 1.54) is 0 Å². The Morgan fingerprint density at radius 2 is 2.06 bits per heavy atom. The monoisotopic (exact) mass is 272 g/mol. The molecule has 0 spiro atoms. The Bertz CT molecular complexity index is 394. The minimum atomic E-state index is -0.0902. The van der Waals surface area contributed by atoms with E-state index in [9.17, 15) is 4.79 Å². The average molecular weight is 273 g/mol. The van der Waals surface area contributed by atoms with Gasteiger partial charge in [-0.2, -0.15) is 0 Å². The lowest BCUT2D eigenvalue weighted by Crippen LogP contribution is -2.34. The molecule has 0 saturated heterocycles. The summed E-state index contributed by atoms with van der Waals surface area (Å²) in [7, 11) is 0. The fourth-order valence-electron chi connectivity index (χ4n) is 1.48. The average Bonchev–Trinajstić information content (AvgIpc) is 2.31. The number of benzene rings is 1. The summed E-state index contributed by atoms with van der Waals surface area (Å²) in [5.74, 6) is 0. The van der Waals surface area contributed by atoms with Crippen LogP contribution in [0, 0.1) is 0 Å². The number of amides is 2. The summed E-state index contributed by atoms with van der Waals surface area (Å²) < 4.78 is 0. The zero-order chi connectivity index (χ0) is 12.8. The Morgan fingerprint density at radius 3 is 2.59 bits per heavy atom. The van der Waals surface area contributed by atoms with Crippen LogP contribution in [0.5, 0.6) is 0 Å². The first kappa shape index (κ1) is 14.2. The predicted octanol–water partition coefficient (Wildman–Crippen LogP) is 3.94. The van der Waals surface area contributed by atoms with Crippen LogP contribution in [-0.2, 0) is 0 Å². The highest BCUT2D eigenvalue weighted by Gasteiger charge is 2.11. The maximum atomic E-state index is 11.9. The van der Waals surface area contributed by atoms with Crippen LogP contribution >= 0.6 is 23.4 Å². The molecule has 0 unspecified atom stereocenters. The van der Waals surface area contributed by atoms with Crippen molar-refractivity contribution in [2.45, 2.75) is 18.7 Å². The largest absolute Gasteiger partial charge is 0.325 e. The van der Waals surface area contributed by atoms with Crippen molar-refractivity contribution in [2.75, 3.05) is 24.7 Å². The van der Waals surface area contributed by atoms with Crippen molar-refractivity contribution >= 4 is 35.1 Å². The van der Waals surface area contributed by atoms with Gasteiger partial charge in [0.25, 0.3) is 0 Å². The van der Waals surface area contributed by atoms with E-state index in [4.69, 9.17) is 11.6 Å². The van der Waals surface area contributed by atoms with Gasteiger partial charge in [-0.1, -0.05) is 11.6 Å². The fraction of sp³-hybridized carbons (Fsp3) is 0.417. The van der Waals surface area contributed by atoms with Crippen LogP contribution in [0.15, 0.2) is 23.1 Å². The smallest absolute Gasteiger partial charge is 0.321 e. The van der Waals surface area contributed by atoms with Gasteiger partial charge in [-0.05, 0) is 38.3 Å². The van der Waals surface area contributed by atoms with Gasteiger partial charge in [0.15, 0.2) is 0 Å². The highest BCUT2D eigenvalue weighted by atomic mass is 35.5. The zero-order valence-corrected chi connectivity index (χ0v) is 11.9. The highest BCUT2D eigenvalue weighted by Crippen LogP contribution is 2.28. The Hall–Kier alpha value is -0.870. The van der Waals surface area contributed by atoms with Crippen LogP contribution in [0.25, 0.3) is 0 Å². The molecule has 1 N–H and O–H groups in total. The minimum Gasteiger partial charge on any atom is -0.325 e. The molecule has 1 aromatic carbocycles. The van der Waals surface area contributed by atoms with E-state index in [1.54, 1.807) is 22.7 Å². The molecule has 0 aliphatic rings. The van der Waals surface area contributed by atoms with Gasteiger partial charge in [-0.15, -0.1) is 11.8 Å². The van der Waals surface area contributed by atoms with Crippen LogP contribution < -0.4 is 5.32 Å². The first-order chi connectivity index (χ1) is 8.12. The van der Waals surface area contributed by atoms with Crippen molar-refractivity contribution in [1.29, 1.82) is 0 Å². The summed E-state index contributed by atoms with van der Waals surface area (Å²) in [6.07, 6.45) is 1.97. The van der Waals surface area contributed by atoms with Crippen LogP contribution in [0.3, 0.4) is 0 Å². The van der Waals surface area contributed by atoms with Crippen LogP contribution in [0.1, 0.15) is 13.8 Å².